The first kappa shape index (κ1) is 7.21. The number of hydrogen-bond donors (Lipinski definition) is 0. The molecule has 0 aromatic carbocycles. The van der Waals surface area contributed by atoms with Gasteiger partial charge in [-0.2, -0.15) is 4.98 Å². The minimum atomic E-state index is 0.345. The van der Waals surface area contributed by atoms with E-state index in [1.54, 1.807) is 6.20 Å². The maximum absolute atomic E-state index is 5.01. The first-order valence-electron chi connectivity index (χ1n) is 3.84. The van der Waals surface area contributed by atoms with Crippen molar-refractivity contribution in [1.29, 1.82) is 0 Å². The van der Waals surface area contributed by atoms with E-state index in [4.69, 9.17) is 4.52 Å². The average Bonchev–Trinajstić information content (AvgIpc) is 2.47. The van der Waals surface area contributed by atoms with Crippen LogP contribution in [0, 0.1) is 0 Å². The zero-order valence-corrected chi connectivity index (χ0v) is 6.98. The Kier molecular flexibility index (Phi) is 1.53. The van der Waals surface area contributed by atoms with E-state index in [2.05, 4.69) is 29.0 Å². The molecule has 0 atom stereocenters. The summed E-state index contributed by atoms with van der Waals surface area (Å²) in [5.41, 5.74) is 1.49. The molecule has 0 fully saturated rings. The molecule has 0 aliphatic heterocycles. The average molecular weight is 163 g/mol. The molecule has 0 amide bonds. The van der Waals surface area contributed by atoms with Gasteiger partial charge in [-0.05, 0) is 5.92 Å². The van der Waals surface area contributed by atoms with Crippen LogP contribution >= 0.6 is 0 Å². The van der Waals surface area contributed by atoms with Crippen molar-refractivity contribution in [3.8, 4) is 0 Å². The normalized spacial score (nSPS) is 11.2. The van der Waals surface area contributed by atoms with Gasteiger partial charge >= 0.3 is 0 Å². The quantitative estimate of drug-likeness (QED) is 0.642. The van der Waals surface area contributed by atoms with Crippen molar-refractivity contribution >= 4 is 11.1 Å². The molecule has 0 aliphatic rings. The second-order valence-electron chi connectivity index (χ2n) is 2.96. The molecule has 2 heterocycles. The summed E-state index contributed by atoms with van der Waals surface area (Å²) in [5.74, 6) is 0.345. The molecule has 0 saturated carbocycles. The minimum absolute atomic E-state index is 0.345. The lowest BCUT2D eigenvalue weighted by Crippen LogP contribution is -1.87. The molecular weight excluding hydrogens is 154 g/mol. The maximum atomic E-state index is 5.01. The van der Waals surface area contributed by atoms with E-state index < -0.39 is 0 Å². The second kappa shape index (κ2) is 2.55. The van der Waals surface area contributed by atoms with Crippen LogP contribution in [0.5, 0.6) is 0 Å². The van der Waals surface area contributed by atoms with Gasteiger partial charge in [0.2, 0.25) is 0 Å². The molecule has 62 valence electrons. The summed E-state index contributed by atoms with van der Waals surface area (Å²) in [7, 11) is 0. The lowest BCUT2D eigenvalue weighted by Gasteiger charge is -1.95. The van der Waals surface area contributed by atoms with Gasteiger partial charge in [0, 0.05) is 6.20 Å². The van der Waals surface area contributed by atoms with Crippen LogP contribution in [0.4, 0.5) is 0 Å². The highest BCUT2D eigenvalue weighted by molar-refractivity contribution is 5.74. The SMILES string of the molecule is CC(C)c1noc2ncncc12. The van der Waals surface area contributed by atoms with Gasteiger partial charge in [-0.3, -0.25) is 0 Å². The van der Waals surface area contributed by atoms with Crippen molar-refractivity contribution in [2.75, 3.05) is 0 Å². The van der Waals surface area contributed by atoms with Crippen molar-refractivity contribution in [2.45, 2.75) is 19.8 Å². The van der Waals surface area contributed by atoms with E-state index in [9.17, 15) is 0 Å². The first-order valence-corrected chi connectivity index (χ1v) is 3.84. The van der Waals surface area contributed by atoms with Crippen LogP contribution in [0.3, 0.4) is 0 Å². The van der Waals surface area contributed by atoms with Crippen LogP contribution < -0.4 is 0 Å². The summed E-state index contributed by atoms with van der Waals surface area (Å²) in [6.45, 7) is 4.12. The topological polar surface area (TPSA) is 51.8 Å². The lowest BCUT2D eigenvalue weighted by molar-refractivity contribution is 0.434. The fourth-order valence-electron chi connectivity index (χ4n) is 1.12. The van der Waals surface area contributed by atoms with E-state index in [-0.39, 0.29) is 0 Å². The third-order valence-electron chi connectivity index (χ3n) is 1.73. The van der Waals surface area contributed by atoms with E-state index in [1.807, 2.05) is 0 Å². The highest BCUT2D eigenvalue weighted by Gasteiger charge is 2.11. The smallest absolute Gasteiger partial charge is 0.261 e. The molecular formula is C8H9N3O. The van der Waals surface area contributed by atoms with Gasteiger partial charge in [0.15, 0.2) is 0 Å². The number of fused-ring (bicyclic) bond motifs is 1. The lowest BCUT2D eigenvalue weighted by atomic mass is 10.1. The monoisotopic (exact) mass is 163 g/mol. The van der Waals surface area contributed by atoms with Crippen molar-refractivity contribution in [3.63, 3.8) is 0 Å². The zero-order chi connectivity index (χ0) is 8.55. The molecule has 0 saturated heterocycles. The Morgan fingerprint density at radius 3 is 3.00 bits per heavy atom. The molecule has 0 N–H and O–H groups in total. The summed E-state index contributed by atoms with van der Waals surface area (Å²) >= 11 is 0. The second-order valence-corrected chi connectivity index (χ2v) is 2.96. The summed E-state index contributed by atoms with van der Waals surface area (Å²) in [6, 6.07) is 0. The molecule has 0 bridgehead atoms. The molecule has 2 aromatic rings. The molecule has 2 aromatic heterocycles. The Hall–Kier alpha value is -1.45. The van der Waals surface area contributed by atoms with E-state index in [0.717, 1.165) is 11.1 Å². The summed E-state index contributed by atoms with van der Waals surface area (Å²) in [6.07, 6.45) is 3.19. The number of aromatic nitrogens is 3. The molecule has 0 spiro atoms. The van der Waals surface area contributed by atoms with Crippen LogP contribution in [0.1, 0.15) is 25.5 Å². The fraction of sp³-hybridized carbons (Fsp3) is 0.375. The summed E-state index contributed by atoms with van der Waals surface area (Å²) in [4.78, 5) is 7.86. The van der Waals surface area contributed by atoms with Gasteiger partial charge in [0.05, 0.1) is 11.1 Å². The number of hydrogen-bond acceptors (Lipinski definition) is 4. The third-order valence-corrected chi connectivity index (χ3v) is 1.73. The van der Waals surface area contributed by atoms with Gasteiger partial charge in [-0.15, -0.1) is 0 Å². The van der Waals surface area contributed by atoms with Crippen LogP contribution in [0.2, 0.25) is 0 Å². The molecule has 4 nitrogen and oxygen atoms in total. The van der Waals surface area contributed by atoms with Crippen LogP contribution in [0.15, 0.2) is 17.0 Å². The molecule has 12 heavy (non-hydrogen) atoms. The summed E-state index contributed by atoms with van der Waals surface area (Å²) < 4.78 is 5.01. The van der Waals surface area contributed by atoms with Crippen LogP contribution in [-0.2, 0) is 0 Å². The van der Waals surface area contributed by atoms with Crippen LogP contribution in [0.25, 0.3) is 11.1 Å². The van der Waals surface area contributed by atoms with Crippen molar-refractivity contribution in [1.82, 2.24) is 15.1 Å². The highest BCUT2D eigenvalue weighted by atomic mass is 16.5. The Morgan fingerprint density at radius 1 is 1.42 bits per heavy atom. The van der Waals surface area contributed by atoms with Gasteiger partial charge < -0.3 is 4.52 Å². The summed E-state index contributed by atoms with van der Waals surface area (Å²) in [5, 5.41) is 4.83. The van der Waals surface area contributed by atoms with E-state index in [1.165, 1.54) is 6.33 Å². The number of nitrogens with zero attached hydrogens (tertiary/aromatic N) is 3. The van der Waals surface area contributed by atoms with Crippen molar-refractivity contribution in [3.05, 3.63) is 18.2 Å². The van der Waals surface area contributed by atoms with Gasteiger partial charge in [-0.1, -0.05) is 19.0 Å². The molecule has 4 heteroatoms. The fourth-order valence-corrected chi connectivity index (χ4v) is 1.12. The van der Waals surface area contributed by atoms with E-state index in [0.29, 0.717) is 11.6 Å². The molecule has 2 rings (SSSR count). The highest BCUT2D eigenvalue weighted by Crippen LogP contribution is 2.21. The largest absolute Gasteiger partial charge is 0.335 e. The Bertz CT molecular complexity index is 394. The standard InChI is InChI=1S/C8H9N3O/c1-5(2)7-6-3-9-4-10-8(6)12-11-7/h3-5H,1-2H3. The molecule has 0 aliphatic carbocycles. The van der Waals surface area contributed by atoms with Crippen molar-refractivity contribution in [2.24, 2.45) is 0 Å². The zero-order valence-electron chi connectivity index (χ0n) is 6.98. The molecule has 0 radical (unpaired) electrons. The molecule has 0 unspecified atom stereocenters. The third kappa shape index (κ3) is 0.958. The predicted molar refractivity (Wildman–Crippen MR) is 43.7 cm³/mol. The van der Waals surface area contributed by atoms with Gasteiger partial charge in [-0.25, -0.2) is 4.98 Å². The maximum Gasteiger partial charge on any atom is 0.261 e. The van der Waals surface area contributed by atoms with Gasteiger partial charge in [0.25, 0.3) is 5.71 Å². The van der Waals surface area contributed by atoms with E-state index >= 15 is 0 Å². The minimum Gasteiger partial charge on any atom is -0.335 e. The van der Waals surface area contributed by atoms with Crippen LogP contribution in [-0.4, -0.2) is 15.1 Å². The van der Waals surface area contributed by atoms with Gasteiger partial charge in [0.1, 0.15) is 6.33 Å². The first-order chi connectivity index (χ1) is 5.79. The Labute approximate surface area is 69.6 Å². The predicted octanol–water partition coefficient (Wildman–Crippen LogP) is 1.74. The Morgan fingerprint density at radius 2 is 2.25 bits per heavy atom. The van der Waals surface area contributed by atoms with Crippen molar-refractivity contribution < 1.29 is 4.52 Å². The number of rotatable bonds is 1. The Balaban J connectivity index is 2.70.